The van der Waals surface area contributed by atoms with E-state index in [1.807, 2.05) is 25.2 Å². The third-order valence-corrected chi connectivity index (χ3v) is 5.48. The van der Waals surface area contributed by atoms with Gasteiger partial charge in [0, 0.05) is 24.0 Å². The second-order valence-electron chi connectivity index (χ2n) is 6.71. The minimum atomic E-state index is -0.554. The predicted octanol–water partition coefficient (Wildman–Crippen LogP) is 3.67. The lowest BCUT2D eigenvalue weighted by molar-refractivity contribution is 0.145. The highest BCUT2D eigenvalue weighted by atomic mass is 32.2. The summed E-state index contributed by atoms with van der Waals surface area (Å²) in [6.45, 7) is 2.40. The number of nitriles is 1. The largest absolute Gasteiger partial charge is 0.442 e. The number of anilines is 1. The number of amidine groups is 1. The quantitative estimate of drug-likeness (QED) is 0.283. The van der Waals surface area contributed by atoms with Gasteiger partial charge in [-0.25, -0.2) is 9.18 Å². The molecule has 0 saturated carbocycles. The fourth-order valence-electron chi connectivity index (χ4n) is 3.30. The number of hydrogen-bond acceptors (Lipinski definition) is 6. The van der Waals surface area contributed by atoms with Crippen molar-refractivity contribution in [3.63, 3.8) is 0 Å². The van der Waals surface area contributed by atoms with Crippen LogP contribution in [-0.2, 0) is 4.74 Å². The highest BCUT2D eigenvalue weighted by molar-refractivity contribution is 8.13. The first kappa shape index (κ1) is 20.7. The number of aliphatic imine (C=N–C) groups is 1. The number of aromatic nitrogens is 2. The molecule has 0 aliphatic carbocycles. The molecule has 2 aromatic heterocycles. The van der Waals surface area contributed by atoms with Crippen LogP contribution < -0.4 is 10.2 Å². The molecule has 8 nitrogen and oxygen atoms in total. The van der Waals surface area contributed by atoms with Crippen LogP contribution in [0.2, 0.25) is 0 Å². The van der Waals surface area contributed by atoms with E-state index < -0.39 is 18.0 Å². The molecule has 0 bridgehead atoms. The number of hydrogen-bond donors (Lipinski definition) is 1. The summed E-state index contributed by atoms with van der Waals surface area (Å²) in [6, 6.07) is 8.35. The third-order valence-electron chi connectivity index (χ3n) is 4.69. The van der Waals surface area contributed by atoms with Crippen LogP contribution in [0.5, 0.6) is 0 Å². The number of carbonyl (C=O) groups is 1. The standard InChI is InChI=1S/C21H19FN6O2S/c1-2-31-20(26-13-23)25-9-16-11-28(21(29)30-16)15-5-6-19(17(22)8-15)27-10-14-4-3-7-24-18(14)12-27/h3-8,10,12,16H,2,9,11H2,1H3,(H,25,26)/t16-/m0/s1. The third kappa shape index (κ3) is 4.46. The van der Waals surface area contributed by atoms with Gasteiger partial charge >= 0.3 is 6.09 Å². The molecule has 1 atom stereocenters. The number of carbonyl (C=O) groups excluding carboxylic acids is 1. The first-order valence-electron chi connectivity index (χ1n) is 9.62. The van der Waals surface area contributed by atoms with Crippen molar-refractivity contribution in [1.29, 1.82) is 5.26 Å². The zero-order valence-electron chi connectivity index (χ0n) is 16.7. The van der Waals surface area contributed by atoms with Gasteiger partial charge in [-0.1, -0.05) is 18.7 Å². The number of thioether (sulfide) groups is 1. The second-order valence-corrected chi connectivity index (χ2v) is 7.96. The maximum atomic E-state index is 14.9. The molecule has 1 amide bonds. The molecule has 1 N–H and O–H groups in total. The average Bonchev–Trinajstić information content (AvgIpc) is 3.35. The smallest absolute Gasteiger partial charge is 0.414 e. The van der Waals surface area contributed by atoms with Gasteiger partial charge in [0.05, 0.1) is 30.0 Å². The summed E-state index contributed by atoms with van der Waals surface area (Å²) < 4.78 is 21.9. The van der Waals surface area contributed by atoms with Gasteiger partial charge in [0.1, 0.15) is 11.9 Å². The number of rotatable bonds is 5. The molecule has 0 spiro atoms. The average molecular weight is 438 g/mol. The van der Waals surface area contributed by atoms with E-state index in [0.717, 1.165) is 16.7 Å². The van der Waals surface area contributed by atoms with E-state index in [1.54, 1.807) is 35.3 Å². The first-order valence-corrected chi connectivity index (χ1v) is 10.6. The monoisotopic (exact) mass is 438 g/mol. The summed E-state index contributed by atoms with van der Waals surface area (Å²) in [5.74, 6) is 0.287. The zero-order chi connectivity index (χ0) is 21.8. The lowest BCUT2D eigenvalue weighted by atomic mass is 10.2. The Morgan fingerprint density at radius 1 is 1.45 bits per heavy atom. The molecule has 0 unspecified atom stereocenters. The van der Waals surface area contributed by atoms with E-state index in [9.17, 15) is 9.18 Å². The van der Waals surface area contributed by atoms with Crippen LogP contribution in [0.25, 0.3) is 16.6 Å². The molecule has 4 rings (SSSR count). The van der Waals surface area contributed by atoms with Crippen molar-refractivity contribution in [2.24, 2.45) is 4.99 Å². The topological polar surface area (TPSA) is 95.5 Å². The van der Waals surface area contributed by atoms with Crippen LogP contribution in [0.15, 0.2) is 53.9 Å². The van der Waals surface area contributed by atoms with Gasteiger partial charge in [-0.15, -0.1) is 0 Å². The summed E-state index contributed by atoms with van der Waals surface area (Å²) >= 11 is 1.39. The van der Waals surface area contributed by atoms with E-state index in [0.29, 0.717) is 16.5 Å². The van der Waals surface area contributed by atoms with Crippen LogP contribution >= 0.6 is 11.8 Å². The van der Waals surface area contributed by atoms with Crippen LogP contribution in [0.1, 0.15) is 6.92 Å². The molecule has 1 aliphatic rings. The van der Waals surface area contributed by atoms with Crippen molar-refractivity contribution >= 4 is 39.6 Å². The lowest BCUT2D eigenvalue weighted by Crippen LogP contribution is -2.26. The molecule has 31 heavy (non-hydrogen) atoms. The van der Waals surface area contributed by atoms with Crippen LogP contribution in [0.4, 0.5) is 14.9 Å². The van der Waals surface area contributed by atoms with Crippen molar-refractivity contribution in [1.82, 2.24) is 14.9 Å². The summed E-state index contributed by atoms with van der Waals surface area (Å²) in [4.78, 5) is 22.3. The Morgan fingerprint density at radius 3 is 3.06 bits per heavy atom. The molecule has 158 valence electrons. The molecular formula is C21H19FN6O2S. The first-order chi connectivity index (χ1) is 15.1. The van der Waals surface area contributed by atoms with Gasteiger partial charge in [-0.2, -0.15) is 5.26 Å². The van der Waals surface area contributed by atoms with Gasteiger partial charge in [0.15, 0.2) is 11.4 Å². The molecular weight excluding hydrogens is 419 g/mol. The fourth-order valence-corrected chi connectivity index (χ4v) is 3.85. The Hall–Kier alpha value is -3.58. The summed E-state index contributed by atoms with van der Waals surface area (Å²) in [7, 11) is 0. The molecule has 1 saturated heterocycles. The number of benzene rings is 1. The summed E-state index contributed by atoms with van der Waals surface area (Å²) in [6.07, 6.45) is 6.05. The molecule has 3 heterocycles. The summed E-state index contributed by atoms with van der Waals surface area (Å²) in [5.41, 5.74) is 1.54. The van der Waals surface area contributed by atoms with Crippen molar-refractivity contribution in [2.45, 2.75) is 13.0 Å². The van der Waals surface area contributed by atoms with Crippen LogP contribution in [0.3, 0.4) is 0 Å². The number of nitrogens with one attached hydrogen (secondary N) is 1. The second kappa shape index (κ2) is 9.06. The minimum absolute atomic E-state index is 0.211. The van der Waals surface area contributed by atoms with Crippen LogP contribution in [0, 0.1) is 17.3 Å². The Bertz CT molecular complexity index is 1160. The maximum absolute atomic E-state index is 14.9. The van der Waals surface area contributed by atoms with Gasteiger partial charge in [0.25, 0.3) is 0 Å². The van der Waals surface area contributed by atoms with E-state index in [4.69, 9.17) is 10.00 Å². The predicted molar refractivity (Wildman–Crippen MR) is 118 cm³/mol. The van der Waals surface area contributed by atoms with Crippen LogP contribution in [-0.4, -0.2) is 45.8 Å². The Balaban J connectivity index is 1.49. The zero-order valence-corrected chi connectivity index (χ0v) is 17.5. The maximum Gasteiger partial charge on any atom is 0.414 e. The molecule has 1 fully saturated rings. The van der Waals surface area contributed by atoms with Gasteiger partial charge in [-0.3, -0.25) is 20.2 Å². The Morgan fingerprint density at radius 2 is 2.32 bits per heavy atom. The number of pyridine rings is 1. The van der Waals surface area contributed by atoms with Crippen molar-refractivity contribution in [2.75, 3.05) is 23.7 Å². The number of amides is 1. The van der Waals surface area contributed by atoms with E-state index in [-0.39, 0.29) is 13.1 Å². The van der Waals surface area contributed by atoms with Gasteiger partial charge < -0.3 is 9.30 Å². The number of cyclic esters (lactones) is 1. The fraction of sp³-hybridized carbons (Fsp3) is 0.238. The number of halogens is 1. The SMILES string of the molecule is CCSC(=NC[C@H]1CN(c2ccc(-n3cc4cccnc4c3)c(F)c2)C(=O)O1)NC#N. The van der Waals surface area contributed by atoms with Gasteiger partial charge in [0.2, 0.25) is 0 Å². The van der Waals surface area contributed by atoms with Crippen molar-refractivity contribution < 1.29 is 13.9 Å². The van der Waals surface area contributed by atoms with E-state index in [2.05, 4.69) is 15.3 Å². The number of fused-ring (bicyclic) bond motifs is 1. The number of nitrogens with zero attached hydrogens (tertiary/aromatic N) is 5. The minimum Gasteiger partial charge on any atom is -0.442 e. The molecule has 3 aromatic rings. The molecule has 0 radical (unpaired) electrons. The molecule has 10 heteroatoms. The Labute approximate surface area is 182 Å². The molecule has 1 aromatic carbocycles. The van der Waals surface area contributed by atoms with Crippen molar-refractivity contribution in [3.8, 4) is 11.9 Å². The summed E-state index contributed by atoms with van der Waals surface area (Å²) in [5, 5.41) is 12.7. The van der Waals surface area contributed by atoms with E-state index in [1.165, 1.54) is 22.7 Å². The van der Waals surface area contributed by atoms with Gasteiger partial charge in [-0.05, 0) is 36.1 Å². The van der Waals surface area contributed by atoms with Crippen molar-refractivity contribution in [3.05, 3.63) is 54.7 Å². The molecule has 1 aliphatic heterocycles. The van der Waals surface area contributed by atoms with E-state index >= 15 is 0 Å². The highest BCUT2D eigenvalue weighted by Crippen LogP contribution is 2.27. The highest BCUT2D eigenvalue weighted by Gasteiger charge is 2.32. The Kier molecular flexibility index (Phi) is 6.04. The lowest BCUT2D eigenvalue weighted by Gasteiger charge is -2.14. The number of ether oxygens (including phenoxy) is 1. The normalized spacial score (nSPS) is 16.4.